The molecule has 0 saturated carbocycles. The number of carbonyl (C=O) groups is 3. The van der Waals surface area contributed by atoms with Crippen LogP contribution in [0, 0.1) is 5.41 Å². The van der Waals surface area contributed by atoms with E-state index in [-0.39, 0.29) is 41.6 Å². The van der Waals surface area contributed by atoms with E-state index < -0.39 is 84.6 Å². The number of fused-ring (bicyclic) bond motifs is 1. The lowest BCUT2D eigenvalue weighted by Crippen LogP contribution is -2.46. The highest BCUT2D eigenvalue weighted by Crippen LogP contribution is 2.61. The first kappa shape index (κ1) is 45.5. The summed E-state index contributed by atoms with van der Waals surface area (Å²) in [5, 5.41) is 26.2. The van der Waals surface area contributed by atoms with E-state index in [1.807, 2.05) is 0 Å². The van der Waals surface area contributed by atoms with Crippen LogP contribution in [0.2, 0.25) is 0 Å². The number of benzene rings is 1. The molecule has 0 aliphatic carbocycles. The zero-order valence-electron chi connectivity index (χ0n) is 29.5. The highest BCUT2D eigenvalue weighted by Gasteiger charge is 2.50. The van der Waals surface area contributed by atoms with Crippen LogP contribution < -0.4 is 16.4 Å². The molecule has 56 heavy (non-hydrogen) atoms. The van der Waals surface area contributed by atoms with E-state index in [9.17, 15) is 57.9 Å². The van der Waals surface area contributed by atoms with Gasteiger partial charge in [-0.2, -0.15) is 4.31 Å². The maximum absolute atomic E-state index is 12.7. The maximum atomic E-state index is 12.7. The molecule has 2 amide bonds. The molecule has 10 N–H and O–H groups in total. The Bertz CT molecular complexity index is 2000. The molecule has 3 aromatic rings. The van der Waals surface area contributed by atoms with E-state index in [4.69, 9.17) is 19.5 Å². The van der Waals surface area contributed by atoms with Crippen LogP contribution in [0.1, 0.15) is 36.9 Å². The average molecular weight is 872 g/mol. The summed E-state index contributed by atoms with van der Waals surface area (Å²) >= 11 is 1.02. The summed E-state index contributed by atoms with van der Waals surface area (Å²) in [7, 11) is -16.4. The Labute approximate surface area is 321 Å². The number of nitrogens with one attached hydrogen (secondary N) is 2. The number of thioether (sulfide) groups is 1. The number of ether oxygens (including phenoxy) is 1. The first-order valence-electron chi connectivity index (χ1n) is 16.2. The first-order chi connectivity index (χ1) is 26.1. The number of hydrogen-bond acceptors (Lipinski definition) is 18. The maximum Gasteiger partial charge on any atom is 0.481 e. The molecule has 4 rings (SSSR count). The fourth-order valence-corrected chi connectivity index (χ4v) is 8.45. The van der Waals surface area contributed by atoms with Crippen molar-refractivity contribution in [3.05, 3.63) is 48.5 Å². The lowest BCUT2D eigenvalue weighted by Gasteiger charge is -2.30. The van der Waals surface area contributed by atoms with Crippen molar-refractivity contribution in [1.29, 1.82) is 0 Å². The van der Waals surface area contributed by atoms with Crippen molar-refractivity contribution in [2.75, 3.05) is 37.8 Å². The topological polar surface area (TPSA) is 364 Å². The highest BCUT2D eigenvalue weighted by molar-refractivity contribution is 8.14. The molecule has 1 saturated heterocycles. The second-order valence-corrected chi connectivity index (χ2v) is 17.9. The number of nitrogens with zero attached hydrogens (tertiary/aromatic N) is 4. The third kappa shape index (κ3) is 12.9. The van der Waals surface area contributed by atoms with Crippen molar-refractivity contribution >= 4 is 69.1 Å². The number of carbonyl (C=O) groups excluding carboxylic acids is 3. The minimum atomic E-state index is -5.57. The van der Waals surface area contributed by atoms with Gasteiger partial charge < -0.3 is 50.9 Å². The van der Waals surface area contributed by atoms with E-state index in [1.165, 1.54) is 13.8 Å². The molecule has 7 atom stereocenters. The lowest BCUT2D eigenvalue weighted by atomic mass is 9.87. The van der Waals surface area contributed by atoms with Crippen molar-refractivity contribution < 1.29 is 80.5 Å². The molecule has 1 aromatic carbocycles. The summed E-state index contributed by atoms with van der Waals surface area (Å²) < 4.78 is 62.1. The van der Waals surface area contributed by atoms with E-state index >= 15 is 0 Å². The fraction of sp³-hybridized carbons (Fsp3) is 0.500. The Hall–Kier alpha value is -3.22. The molecular weight excluding hydrogens is 831 g/mol. The van der Waals surface area contributed by atoms with Gasteiger partial charge in [-0.05, 0) is 0 Å². The Morgan fingerprint density at radius 2 is 1.70 bits per heavy atom. The van der Waals surface area contributed by atoms with Crippen molar-refractivity contribution in [3.63, 3.8) is 0 Å². The molecule has 310 valence electrons. The lowest BCUT2D eigenvalue weighted by molar-refractivity contribution is -0.137. The van der Waals surface area contributed by atoms with E-state index in [0.717, 1.165) is 29.0 Å². The molecule has 3 heterocycles. The summed E-state index contributed by atoms with van der Waals surface area (Å²) in [4.78, 5) is 87.7. The first-order valence-corrected chi connectivity index (χ1v) is 21.7. The molecule has 0 spiro atoms. The number of aromatic nitrogens is 4. The summed E-state index contributed by atoms with van der Waals surface area (Å²) in [5.41, 5.74) is 4.78. The molecule has 2 unspecified atom stereocenters. The quantitative estimate of drug-likeness (QED) is 0.0532. The molecule has 28 heteroatoms. The number of aliphatic hydroxyl groups excluding tert-OH is 2. The van der Waals surface area contributed by atoms with Crippen molar-refractivity contribution in [2.24, 2.45) is 5.41 Å². The van der Waals surface area contributed by atoms with Crippen LogP contribution in [0.15, 0.2) is 43.0 Å². The summed E-state index contributed by atoms with van der Waals surface area (Å²) in [6, 6.07) is 8.58. The van der Waals surface area contributed by atoms with Gasteiger partial charge in [0.2, 0.25) is 16.9 Å². The van der Waals surface area contributed by atoms with Crippen molar-refractivity contribution in [1.82, 2.24) is 30.2 Å². The third-order valence-corrected chi connectivity index (χ3v) is 11.8. The van der Waals surface area contributed by atoms with Gasteiger partial charge in [0, 0.05) is 36.2 Å². The number of phosphoric acid groups is 3. The van der Waals surface area contributed by atoms with Crippen LogP contribution in [0.5, 0.6) is 0 Å². The molecule has 24 nitrogen and oxygen atoms in total. The number of nitrogen functional groups attached to an aromatic ring is 1. The minimum absolute atomic E-state index is 0.0292. The number of nitrogens with two attached hydrogens (primary N) is 1. The van der Waals surface area contributed by atoms with Crippen molar-refractivity contribution in [2.45, 2.75) is 50.9 Å². The van der Waals surface area contributed by atoms with Gasteiger partial charge in [-0.1, -0.05) is 55.9 Å². The summed E-state index contributed by atoms with van der Waals surface area (Å²) in [6.07, 6.45) is -6.94. The van der Waals surface area contributed by atoms with Crippen LogP contribution in [-0.2, 0) is 45.9 Å². The second kappa shape index (κ2) is 19.0. The number of hydrogen-bond donors (Lipinski definition) is 9. The van der Waals surface area contributed by atoms with Gasteiger partial charge in [0.25, 0.3) is 0 Å². The largest absolute Gasteiger partial charge is 0.481 e. The van der Waals surface area contributed by atoms with Gasteiger partial charge in [0.15, 0.2) is 17.7 Å². The molecular formula is C28H40N7O17P3S. The van der Waals surface area contributed by atoms with Gasteiger partial charge >= 0.3 is 23.5 Å². The molecule has 1 fully saturated rings. The Balaban J connectivity index is 1.23. The number of amides is 2. The number of aliphatic hydroxyl groups is 2. The predicted octanol–water partition coefficient (Wildman–Crippen LogP) is -0.0215. The molecule has 0 radical (unpaired) electrons. The van der Waals surface area contributed by atoms with Gasteiger partial charge in [-0.15, -0.1) is 0 Å². The van der Waals surface area contributed by atoms with E-state index in [2.05, 4.69) is 34.4 Å². The van der Waals surface area contributed by atoms with Crippen LogP contribution in [0.4, 0.5) is 5.82 Å². The predicted molar refractivity (Wildman–Crippen MR) is 193 cm³/mol. The van der Waals surface area contributed by atoms with Gasteiger partial charge in [-0.25, -0.2) is 28.6 Å². The van der Waals surface area contributed by atoms with E-state index in [1.54, 1.807) is 30.3 Å². The number of imidazole rings is 1. The van der Waals surface area contributed by atoms with Gasteiger partial charge in [0.1, 0.15) is 36.3 Å². The molecule has 1 aliphatic rings. The smallest absolute Gasteiger partial charge is 0.386 e. The number of rotatable bonds is 20. The highest BCUT2D eigenvalue weighted by atomic mass is 32.2. The van der Waals surface area contributed by atoms with E-state index in [0.29, 0.717) is 11.3 Å². The molecule has 2 aromatic heterocycles. The zero-order chi connectivity index (χ0) is 41.5. The molecule has 1 aliphatic heterocycles. The Morgan fingerprint density at radius 1 is 1.02 bits per heavy atom. The molecule has 0 bridgehead atoms. The third-order valence-electron chi connectivity index (χ3n) is 7.74. The van der Waals surface area contributed by atoms with Gasteiger partial charge in [-0.3, -0.25) is 32.5 Å². The number of anilines is 1. The monoisotopic (exact) mass is 871 g/mol. The standard InChI is InChI=1S/C28H40N7O17P3S/c1-28(2,22(38)25(39)31-9-8-18(36)30-10-11-56-27(40)16-6-4-3-5-7-16)13-49-55(46,47)52-54(44,45)48-12-17-21(51-53(41,42)43)20(37)26(50-17)35-15-34-19-23(29)32-14-33-24(19)35/h3-7,14-15,17,20-22,26,37-38H,8-13H2,1-2H3,(H,30,36)(H,31,39)(H,44,45)(H,46,47)(H2,29,32,33)(H2,41,42,43)/t17-,20+,21+,22+,26-/m0/s1. The Morgan fingerprint density at radius 3 is 2.38 bits per heavy atom. The number of phosphoric ester groups is 3. The van der Waals surface area contributed by atoms with Crippen LogP contribution in [-0.4, -0.2) is 123 Å². The fourth-order valence-electron chi connectivity index (χ4n) is 4.93. The normalized spacial score (nSPS) is 21.6. The van der Waals surface area contributed by atoms with Crippen LogP contribution in [0.3, 0.4) is 0 Å². The van der Waals surface area contributed by atoms with Crippen molar-refractivity contribution in [3.8, 4) is 0 Å². The summed E-state index contributed by atoms with van der Waals surface area (Å²) in [5.74, 6) is -1.17. The average Bonchev–Trinajstić information content (AvgIpc) is 3.68. The Kier molecular flexibility index (Phi) is 15.4. The van der Waals surface area contributed by atoms with Crippen LogP contribution >= 0.6 is 35.2 Å². The van der Waals surface area contributed by atoms with Crippen LogP contribution in [0.25, 0.3) is 11.2 Å². The SMILES string of the molecule is CC(C)(COP(=O)(O)OP(=O)(O)OC[C@@H]1O[C@H](n2cnc3c(N)ncnc32)[C@H](O)[C@@H]1OP(=O)(O)O)[C@H](O)C(=O)NCCC(=O)NCCSC(=O)c1ccccc1. The zero-order valence-corrected chi connectivity index (χ0v) is 33.0. The van der Waals surface area contributed by atoms with Gasteiger partial charge in [0.05, 0.1) is 19.5 Å². The summed E-state index contributed by atoms with van der Waals surface area (Å²) in [6.45, 7) is 0.448. The minimum Gasteiger partial charge on any atom is -0.386 e. The second-order valence-electron chi connectivity index (χ2n) is 12.6.